The molecule has 1 aliphatic heterocycles. The Balaban J connectivity index is 2.03. The molecule has 1 saturated heterocycles. The molecule has 104 valence electrons. The summed E-state index contributed by atoms with van der Waals surface area (Å²) in [4.78, 5) is 13.8. The van der Waals surface area contributed by atoms with Gasteiger partial charge in [0.1, 0.15) is 5.82 Å². The Morgan fingerprint density at radius 1 is 1.47 bits per heavy atom. The number of nitrogens with zero attached hydrogens (tertiary/aromatic N) is 1. The third kappa shape index (κ3) is 3.67. The maximum Gasteiger partial charge on any atom is 0.255 e. The second kappa shape index (κ2) is 6.35. The first kappa shape index (κ1) is 14.3. The summed E-state index contributed by atoms with van der Waals surface area (Å²) >= 11 is 5.94. The molecule has 0 aromatic heterocycles. The minimum absolute atomic E-state index is 0.219. The van der Waals surface area contributed by atoms with E-state index in [1.54, 1.807) is 11.9 Å². The zero-order valence-corrected chi connectivity index (χ0v) is 11.6. The number of rotatable bonds is 3. The zero-order chi connectivity index (χ0) is 13.8. The molecule has 0 radical (unpaired) electrons. The van der Waals surface area contributed by atoms with Gasteiger partial charge in [-0.25, -0.2) is 4.39 Å². The van der Waals surface area contributed by atoms with Crippen molar-refractivity contribution in [3.8, 4) is 0 Å². The number of carbonyl (C=O) groups excluding carboxylic acids is 1. The van der Waals surface area contributed by atoms with Crippen LogP contribution < -0.4 is 0 Å². The van der Waals surface area contributed by atoms with Crippen LogP contribution in [0.25, 0.3) is 0 Å². The van der Waals surface area contributed by atoms with Crippen LogP contribution >= 0.6 is 11.6 Å². The van der Waals surface area contributed by atoms with Crippen molar-refractivity contribution in [3.05, 3.63) is 34.6 Å². The van der Waals surface area contributed by atoms with Crippen molar-refractivity contribution in [3.63, 3.8) is 0 Å². The number of benzene rings is 1. The summed E-state index contributed by atoms with van der Waals surface area (Å²) in [6.07, 6.45) is 1.91. The van der Waals surface area contributed by atoms with Gasteiger partial charge in [0.15, 0.2) is 0 Å². The molecule has 0 aliphatic carbocycles. The first-order chi connectivity index (χ1) is 9.08. The number of hydrogen-bond acceptors (Lipinski definition) is 2. The van der Waals surface area contributed by atoms with E-state index in [0.717, 1.165) is 26.1 Å². The second-order valence-electron chi connectivity index (χ2n) is 4.87. The Morgan fingerprint density at radius 2 is 2.16 bits per heavy atom. The third-order valence-corrected chi connectivity index (χ3v) is 3.71. The predicted molar refractivity (Wildman–Crippen MR) is 71.9 cm³/mol. The van der Waals surface area contributed by atoms with Gasteiger partial charge in [0.25, 0.3) is 5.91 Å². The van der Waals surface area contributed by atoms with E-state index < -0.39 is 5.82 Å². The van der Waals surface area contributed by atoms with Gasteiger partial charge in [0.05, 0.1) is 10.6 Å². The first-order valence-electron chi connectivity index (χ1n) is 6.36. The molecule has 0 spiro atoms. The Morgan fingerprint density at radius 3 is 2.84 bits per heavy atom. The average Bonchev–Trinajstić information content (AvgIpc) is 2.42. The third-order valence-electron chi connectivity index (χ3n) is 3.38. The van der Waals surface area contributed by atoms with Crippen molar-refractivity contribution in [2.45, 2.75) is 12.8 Å². The van der Waals surface area contributed by atoms with Gasteiger partial charge in [-0.15, -0.1) is 0 Å². The second-order valence-corrected chi connectivity index (χ2v) is 5.27. The quantitative estimate of drug-likeness (QED) is 0.854. The van der Waals surface area contributed by atoms with Crippen molar-refractivity contribution >= 4 is 17.5 Å². The largest absolute Gasteiger partial charge is 0.381 e. The van der Waals surface area contributed by atoms with Crippen LogP contribution in [0.5, 0.6) is 0 Å². The van der Waals surface area contributed by atoms with E-state index in [2.05, 4.69) is 0 Å². The summed E-state index contributed by atoms with van der Waals surface area (Å²) in [5, 5.41) is 0.283. The van der Waals surface area contributed by atoms with Gasteiger partial charge in [0.2, 0.25) is 0 Å². The minimum Gasteiger partial charge on any atom is -0.381 e. The highest BCUT2D eigenvalue weighted by molar-refractivity contribution is 6.33. The molecule has 1 aromatic carbocycles. The molecule has 1 heterocycles. The van der Waals surface area contributed by atoms with Crippen molar-refractivity contribution in [1.29, 1.82) is 0 Å². The summed E-state index contributed by atoms with van der Waals surface area (Å²) in [6.45, 7) is 2.13. The van der Waals surface area contributed by atoms with E-state index >= 15 is 0 Å². The molecular weight excluding hydrogens is 269 g/mol. The van der Waals surface area contributed by atoms with E-state index in [0.29, 0.717) is 12.5 Å². The van der Waals surface area contributed by atoms with Crippen LogP contribution in [0.1, 0.15) is 23.2 Å². The maximum absolute atomic E-state index is 13.2. The molecule has 0 unspecified atom stereocenters. The molecule has 0 bridgehead atoms. The van der Waals surface area contributed by atoms with E-state index in [1.165, 1.54) is 18.2 Å². The molecule has 0 N–H and O–H groups in total. The highest BCUT2D eigenvalue weighted by atomic mass is 35.5. The molecular formula is C14H17ClFNO2. The van der Waals surface area contributed by atoms with Crippen LogP contribution in [0.3, 0.4) is 0 Å². The standard InChI is InChI=1S/C14H17ClFNO2/c1-17(9-10-4-6-19-7-5-10)14(18)12-8-11(16)2-3-13(12)15/h2-3,8,10H,4-7,9H2,1H3. The molecule has 19 heavy (non-hydrogen) atoms. The van der Waals surface area contributed by atoms with Crippen LogP contribution in [0.4, 0.5) is 4.39 Å². The van der Waals surface area contributed by atoms with Crippen molar-refractivity contribution < 1.29 is 13.9 Å². The van der Waals surface area contributed by atoms with Crippen LogP contribution in [0, 0.1) is 11.7 Å². The lowest BCUT2D eigenvalue weighted by Crippen LogP contribution is -2.34. The molecule has 0 saturated carbocycles. The molecule has 3 nitrogen and oxygen atoms in total. The molecule has 1 aliphatic rings. The van der Waals surface area contributed by atoms with Gasteiger partial charge in [-0.1, -0.05) is 11.6 Å². The topological polar surface area (TPSA) is 29.5 Å². The number of ether oxygens (including phenoxy) is 1. The smallest absolute Gasteiger partial charge is 0.255 e. The van der Waals surface area contributed by atoms with Crippen molar-refractivity contribution in [2.24, 2.45) is 5.92 Å². The normalized spacial score (nSPS) is 16.4. The molecule has 5 heteroatoms. The fourth-order valence-electron chi connectivity index (χ4n) is 2.27. The van der Waals surface area contributed by atoms with E-state index in [4.69, 9.17) is 16.3 Å². The van der Waals surface area contributed by atoms with Gasteiger partial charge in [0, 0.05) is 26.8 Å². The number of carbonyl (C=O) groups is 1. The van der Waals surface area contributed by atoms with Gasteiger partial charge in [-0.2, -0.15) is 0 Å². The van der Waals surface area contributed by atoms with Gasteiger partial charge in [-0.05, 0) is 37.0 Å². The van der Waals surface area contributed by atoms with Crippen LogP contribution in [0.2, 0.25) is 5.02 Å². The lowest BCUT2D eigenvalue weighted by Gasteiger charge is -2.27. The Bertz CT molecular complexity index is 461. The van der Waals surface area contributed by atoms with Crippen molar-refractivity contribution in [2.75, 3.05) is 26.8 Å². The maximum atomic E-state index is 13.2. The fraction of sp³-hybridized carbons (Fsp3) is 0.500. The lowest BCUT2D eigenvalue weighted by molar-refractivity contribution is 0.0497. The zero-order valence-electron chi connectivity index (χ0n) is 10.9. The predicted octanol–water partition coefficient (Wildman–Crippen LogP) is 2.98. The molecule has 1 amide bonds. The first-order valence-corrected chi connectivity index (χ1v) is 6.74. The SMILES string of the molecule is CN(CC1CCOCC1)C(=O)c1cc(F)ccc1Cl. The molecule has 2 rings (SSSR count). The number of halogens is 2. The van der Waals surface area contributed by atoms with Crippen LogP contribution in [-0.4, -0.2) is 37.6 Å². The lowest BCUT2D eigenvalue weighted by atomic mass is 9.99. The van der Waals surface area contributed by atoms with E-state index in [1.807, 2.05) is 0 Å². The van der Waals surface area contributed by atoms with Gasteiger partial charge in [-0.3, -0.25) is 4.79 Å². The summed E-state index contributed by atoms with van der Waals surface area (Å²) < 4.78 is 18.5. The minimum atomic E-state index is -0.452. The average molecular weight is 286 g/mol. The molecule has 1 fully saturated rings. The van der Waals surface area contributed by atoms with Gasteiger partial charge < -0.3 is 9.64 Å². The Hall–Kier alpha value is -1.13. The number of amides is 1. The fourth-order valence-corrected chi connectivity index (χ4v) is 2.46. The van der Waals surface area contributed by atoms with Crippen molar-refractivity contribution in [1.82, 2.24) is 4.90 Å². The monoisotopic (exact) mass is 285 g/mol. The molecule has 1 aromatic rings. The van der Waals surface area contributed by atoms with Crippen LogP contribution in [0.15, 0.2) is 18.2 Å². The highest BCUT2D eigenvalue weighted by Crippen LogP contribution is 2.21. The van der Waals surface area contributed by atoms with E-state index in [-0.39, 0.29) is 16.5 Å². The van der Waals surface area contributed by atoms with E-state index in [9.17, 15) is 9.18 Å². The van der Waals surface area contributed by atoms with Crippen LogP contribution in [-0.2, 0) is 4.74 Å². The number of hydrogen-bond donors (Lipinski definition) is 0. The van der Waals surface area contributed by atoms with Gasteiger partial charge >= 0.3 is 0 Å². The molecule has 0 atom stereocenters. The summed E-state index contributed by atoms with van der Waals surface area (Å²) in [7, 11) is 1.72. The Labute approximate surface area is 117 Å². The summed E-state index contributed by atoms with van der Waals surface area (Å²) in [5.74, 6) is -0.252. The Kier molecular flexibility index (Phi) is 4.77. The highest BCUT2D eigenvalue weighted by Gasteiger charge is 2.21. The summed E-state index contributed by atoms with van der Waals surface area (Å²) in [6, 6.07) is 3.84. The summed E-state index contributed by atoms with van der Waals surface area (Å²) in [5.41, 5.74) is 0.219.